The number of hydrogen-bond donors (Lipinski definition) is 1. The summed E-state index contributed by atoms with van der Waals surface area (Å²) in [5.41, 5.74) is 3.07. The highest BCUT2D eigenvalue weighted by Crippen LogP contribution is 2.48. The molecule has 2 heterocycles. The second-order valence-corrected chi connectivity index (χ2v) is 13.1. The van der Waals surface area contributed by atoms with Crippen LogP contribution in [0.4, 0.5) is 0 Å². The fourth-order valence-corrected chi connectivity index (χ4v) is 8.05. The van der Waals surface area contributed by atoms with E-state index in [2.05, 4.69) is 28.4 Å². The van der Waals surface area contributed by atoms with Crippen molar-refractivity contribution in [1.29, 1.82) is 0 Å². The van der Waals surface area contributed by atoms with Crippen molar-refractivity contribution in [3.8, 4) is 0 Å². The van der Waals surface area contributed by atoms with Gasteiger partial charge in [0.2, 0.25) is 5.91 Å². The molecule has 0 bridgehead atoms. The minimum Gasteiger partial charge on any atom is -0.615 e. The molecule has 36 heavy (non-hydrogen) atoms. The van der Waals surface area contributed by atoms with E-state index in [1.54, 1.807) is 0 Å². The Balaban J connectivity index is 1.51. The van der Waals surface area contributed by atoms with Gasteiger partial charge in [0.15, 0.2) is 4.75 Å². The summed E-state index contributed by atoms with van der Waals surface area (Å²) in [5.74, 6) is 0.704. The minimum atomic E-state index is -0.865. The zero-order valence-electron chi connectivity index (χ0n) is 21.7. The Morgan fingerprint density at radius 2 is 1.89 bits per heavy atom. The standard InChI is InChI=1S/C28H37Cl2N3O2S/c1-20(2)26(34)32(4)19-27(31-3,22-9-10-24(29)25(30)17-22)11-14-33-15-12-28(13-16-33)23-8-6-5-7-21(23)18-36(28)35/h5-10,17,20,31H,11-16,18-19H2,1-4H3. The van der Waals surface area contributed by atoms with Gasteiger partial charge in [-0.1, -0.05) is 67.4 Å². The average molecular weight is 551 g/mol. The van der Waals surface area contributed by atoms with E-state index >= 15 is 0 Å². The quantitative estimate of drug-likeness (QED) is 0.461. The maximum atomic E-state index is 13.2. The Kier molecular flexibility index (Phi) is 8.65. The minimum absolute atomic E-state index is 0.0770. The average Bonchev–Trinajstić information content (AvgIpc) is 3.14. The van der Waals surface area contributed by atoms with E-state index in [4.69, 9.17) is 23.2 Å². The van der Waals surface area contributed by atoms with Gasteiger partial charge in [0.1, 0.15) is 5.75 Å². The molecule has 0 aromatic heterocycles. The predicted octanol–water partition coefficient (Wildman–Crippen LogP) is 5.17. The molecule has 2 aliphatic heterocycles. The van der Waals surface area contributed by atoms with Crippen molar-refractivity contribution >= 4 is 40.3 Å². The van der Waals surface area contributed by atoms with Gasteiger partial charge in [-0.15, -0.1) is 0 Å². The van der Waals surface area contributed by atoms with E-state index < -0.39 is 16.7 Å². The summed E-state index contributed by atoms with van der Waals surface area (Å²) in [6.45, 7) is 7.04. The van der Waals surface area contributed by atoms with Crippen molar-refractivity contribution < 1.29 is 9.35 Å². The molecule has 1 spiro atoms. The third-order valence-corrected chi connectivity index (χ3v) is 10.9. The summed E-state index contributed by atoms with van der Waals surface area (Å²) in [6.07, 6.45) is 2.60. The van der Waals surface area contributed by atoms with Crippen LogP contribution in [-0.4, -0.2) is 60.5 Å². The number of likely N-dealkylation sites (tertiary alicyclic amines) is 1. The van der Waals surface area contributed by atoms with Gasteiger partial charge in [0.05, 0.1) is 15.6 Å². The first kappa shape index (κ1) is 27.7. The molecule has 8 heteroatoms. The van der Waals surface area contributed by atoms with E-state index in [-0.39, 0.29) is 16.6 Å². The van der Waals surface area contributed by atoms with E-state index in [0.29, 0.717) is 22.3 Å². The SMILES string of the molecule is CNC(CCN1CCC2(CC1)c1ccccc1C[S+]2[O-])(CN(C)C(=O)C(C)C)c1ccc(Cl)c(Cl)c1. The third kappa shape index (κ3) is 5.31. The van der Waals surface area contributed by atoms with Crippen molar-refractivity contribution in [1.82, 2.24) is 15.1 Å². The van der Waals surface area contributed by atoms with Crippen LogP contribution in [0.25, 0.3) is 0 Å². The van der Waals surface area contributed by atoms with Gasteiger partial charge >= 0.3 is 0 Å². The molecule has 1 N–H and O–H groups in total. The number of carbonyl (C=O) groups excluding carboxylic acids is 1. The van der Waals surface area contributed by atoms with Crippen LogP contribution in [0, 0.1) is 5.92 Å². The summed E-state index contributed by atoms with van der Waals surface area (Å²) in [5, 5.41) is 4.57. The fraction of sp³-hybridized carbons (Fsp3) is 0.536. The summed E-state index contributed by atoms with van der Waals surface area (Å²) < 4.78 is 13.0. The summed E-state index contributed by atoms with van der Waals surface area (Å²) in [7, 11) is 3.81. The zero-order valence-corrected chi connectivity index (χ0v) is 24.0. The van der Waals surface area contributed by atoms with Gasteiger partial charge in [-0.2, -0.15) is 0 Å². The number of halogens is 2. The van der Waals surface area contributed by atoms with Crippen LogP contribution in [0.3, 0.4) is 0 Å². The molecule has 196 valence electrons. The van der Waals surface area contributed by atoms with Crippen molar-refractivity contribution in [2.45, 2.75) is 49.1 Å². The first-order valence-electron chi connectivity index (χ1n) is 12.7. The molecule has 2 atom stereocenters. The Bertz CT molecular complexity index is 1090. The van der Waals surface area contributed by atoms with E-state index in [0.717, 1.165) is 44.5 Å². The number of nitrogens with one attached hydrogen (secondary N) is 1. The smallest absolute Gasteiger partial charge is 0.224 e. The molecule has 1 fully saturated rings. The molecule has 0 radical (unpaired) electrons. The highest BCUT2D eigenvalue weighted by atomic mass is 35.5. The molecule has 1 amide bonds. The molecular formula is C28H37Cl2N3O2S. The first-order chi connectivity index (χ1) is 17.1. The van der Waals surface area contributed by atoms with Gasteiger partial charge in [-0.05, 0) is 42.3 Å². The number of piperidine rings is 1. The summed E-state index contributed by atoms with van der Waals surface area (Å²) >= 11 is 11.8. The molecule has 2 aromatic carbocycles. The Hall–Kier alpha value is -1.28. The second kappa shape index (κ2) is 11.2. The molecule has 1 saturated heterocycles. The van der Waals surface area contributed by atoms with Crippen LogP contribution in [0.1, 0.15) is 49.8 Å². The van der Waals surface area contributed by atoms with Crippen LogP contribution < -0.4 is 5.32 Å². The van der Waals surface area contributed by atoms with Crippen LogP contribution in [0.15, 0.2) is 42.5 Å². The maximum absolute atomic E-state index is 13.2. The third-order valence-electron chi connectivity index (χ3n) is 8.08. The number of likely N-dealkylation sites (N-methyl/N-ethyl adjacent to an activating group) is 2. The van der Waals surface area contributed by atoms with Gasteiger partial charge in [0, 0.05) is 63.1 Å². The molecular weight excluding hydrogens is 513 g/mol. The van der Waals surface area contributed by atoms with Gasteiger partial charge in [-0.3, -0.25) is 4.79 Å². The molecule has 2 aromatic rings. The second-order valence-electron chi connectivity index (χ2n) is 10.5. The topological polar surface area (TPSA) is 58.6 Å². The van der Waals surface area contributed by atoms with Crippen LogP contribution in [-0.2, 0) is 32.0 Å². The van der Waals surface area contributed by atoms with Crippen molar-refractivity contribution in [3.05, 3.63) is 69.2 Å². The summed E-state index contributed by atoms with van der Waals surface area (Å²) in [6, 6.07) is 14.2. The van der Waals surface area contributed by atoms with Crippen LogP contribution in [0.5, 0.6) is 0 Å². The van der Waals surface area contributed by atoms with Gasteiger partial charge in [0.25, 0.3) is 0 Å². The van der Waals surface area contributed by atoms with Gasteiger partial charge in [-0.25, -0.2) is 0 Å². The Morgan fingerprint density at radius 3 is 2.53 bits per heavy atom. The lowest BCUT2D eigenvalue weighted by molar-refractivity contribution is -0.134. The van der Waals surface area contributed by atoms with Crippen LogP contribution >= 0.6 is 23.2 Å². The lowest BCUT2D eigenvalue weighted by Gasteiger charge is -2.42. The molecule has 0 aliphatic carbocycles. The number of hydrogen-bond acceptors (Lipinski definition) is 4. The lowest BCUT2D eigenvalue weighted by Crippen LogP contribution is -2.53. The lowest BCUT2D eigenvalue weighted by atomic mass is 9.84. The van der Waals surface area contributed by atoms with E-state index in [9.17, 15) is 9.35 Å². The number of amides is 1. The Morgan fingerprint density at radius 1 is 1.19 bits per heavy atom. The largest absolute Gasteiger partial charge is 0.615 e. The van der Waals surface area contributed by atoms with Crippen molar-refractivity contribution in [2.75, 3.05) is 40.3 Å². The maximum Gasteiger partial charge on any atom is 0.224 e. The highest BCUT2D eigenvalue weighted by Gasteiger charge is 2.52. The number of fused-ring (bicyclic) bond motifs is 2. The molecule has 5 nitrogen and oxygen atoms in total. The highest BCUT2D eigenvalue weighted by molar-refractivity contribution is 7.92. The fourth-order valence-electron chi connectivity index (χ4n) is 5.86. The van der Waals surface area contributed by atoms with Crippen molar-refractivity contribution in [3.63, 3.8) is 0 Å². The van der Waals surface area contributed by atoms with Crippen molar-refractivity contribution in [2.24, 2.45) is 5.92 Å². The van der Waals surface area contributed by atoms with E-state index in [1.165, 1.54) is 11.1 Å². The Labute approximate surface area is 228 Å². The molecule has 4 rings (SSSR count). The number of nitrogens with zero attached hydrogens (tertiary/aromatic N) is 2. The predicted molar refractivity (Wildman–Crippen MR) is 150 cm³/mol. The molecule has 2 aliphatic rings. The van der Waals surface area contributed by atoms with Crippen LogP contribution in [0.2, 0.25) is 10.0 Å². The normalized spacial score (nSPS) is 20.9. The molecule has 0 saturated carbocycles. The number of rotatable bonds is 8. The number of benzene rings is 2. The van der Waals surface area contributed by atoms with Gasteiger partial charge < -0.3 is 19.7 Å². The molecule has 2 unspecified atom stereocenters. The summed E-state index contributed by atoms with van der Waals surface area (Å²) in [4.78, 5) is 17.1. The monoisotopic (exact) mass is 549 g/mol. The number of carbonyl (C=O) groups is 1. The zero-order chi connectivity index (χ0) is 26.1. The first-order valence-corrected chi connectivity index (χ1v) is 14.8. The van der Waals surface area contributed by atoms with E-state index in [1.807, 2.05) is 57.1 Å².